The summed E-state index contributed by atoms with van der Waals surface area (Å²) in [7, 11) is 0. The second kappa shape index (κ2) is 9.73. The first-order valence-electron chi connectivity index (χ1n) is 8.56. The molecule has 1 fully saturated rings. The van der Waals surface area contributed by atoms with Crippen molar-refractivity contribution in [2.75, 3.05) is 18.5 Å². The molecule has 0 amide bonds. The lowest BCUT2D eigenvalue weighted by Gasteiger charge is -2.14. The Morgan fingerprint density at radius 1 is 1.22 bits per heavy atom. The predicted octanol–water partition coefficient (Wildman–Crippen LogP) is 4.11. The van der Waals surface area contributed by atoms with Crippen LogP contribution in [0.25, 0.3) is 0 Å². The Morgan fingerprint density at radius 3 is 2.57 bits per heavy atom. The Balaban J connectivity index is 1.65. The van der Waals surface area contributed by atoms with E-state index in [9.17, 15) is 0 Å². The Hall–Kier alpha value is -1.33. The van der Waals surface area contributed by atoms with Crippen molar-refractivity contribution in [2.45, 2.75) is 58.2 Å². The summed E-state index contributed by atoms with van der Waals surface area (Å²) in [6, 6.07) is 8.00. The Kier molecular flexibility index (Phi) is 7.62. The van der Waals surface area contributed by atoms with Crippen LogP contribution in [0.2, 0.25) is 0 Å². The second-order valence-electron chi connectivity index (χ2n) is 6.20. The maximum atomic E-state index is 5.96. The van der Waals surface area contributed by atoms with Crippen LogP contribution in [0.3, 0.4) is 0 Å². The summed E-state index contributed by atoms with van der Waals surface area (Å²) in [5.41, 5.74) is 0.972. The lowest BCUT2D eigenvalue weighted by atomic mass is 10.3. The molecule has 0 radical (unpaired) electrons. The monoisotopic (exact) mass is 336 g/mol. The lowest BCUT2D eigenvalue weighted by Crippen LogP contribution is -2.29. The zero-order valence-electron chi connectivity index (χ0n) is 14.1. The molecule has 1 aromatic carbocycles. The largest absolute Gasteiger partial charge is 0.490 e. The number of anilines is 1. The molecule has 128 valence electrons. The van der Waals surface area contributed by atoms with Crippen LogP contribution in [0, 0.1) is 0 Å². The number of benzene rings is 1. The van der Waals surface area contributed by atoms with Gasteiger partial charge in [0.25, 0.3) is 0 Å². The van der Waals surface area contributed by atoms with Crippen molar-refractivity contribution < 1.29 is 9.47 Å². The average Bonchev–Trinajstić information content (AvgIpc) is 3.01. The zero-order valence-corrected chi connectivity index (χ0v) is 15.0. The minimum Gasteiger partial charge on any atom is -0.490 e. The first-order valence-corrected chi connectivity index (χ1v) is 8.97. The van der Waals surface area contributed by atoms with Gasteiger partial charge >= 0.3 is 0 Å². The van der Waals surface area contributed by atoms with Gasteiger partial charge in [-0.05, 0) is 82.4 Å². The summed E-state index contributed by atoms with van der Waals surface area (Å²) in [6.07, 6.45) is 6.53. The van der Waals surface area contributed by atoms with Crippen molar-refractivity contribution in [1.29, 1.82) is 0 Å². The van der Waals surface area contributed by atoms with E-state index in [1.165, 1.54) is 25.7 Å². The van der Waals surface area contributed by atoms with E-state index < -0.39 is 0 Å². The van der Waals surface area contributed by atoms with E-state index in [1.54, 1.807) is 0 Å². The predicted molar refractivity (Wildman–Crippen MR) is 99.3 cm³/mol. The van der Waals surface area contributed by atoms with E-state index in [1.807, 2.05) is 38.1 Å². The third kappa shape index (κ3) is 7.18. The minimum absolute atomic E-state index is 0.282. The Bertz CT molecular complexity index is 470. The molecule has 0 aliphatic heterocycles. The second-order valence-corrected chi connectivity index (χ2v) is 6.61. The normalized spacial score (nSPS) is 14.9. The molecule has 0 aromatic heterocycles. The number of rotatable bonds is 8. The third-order valence-electron chi connectivity index (χ3n) is 3.77. The van der Waals surface area contributed by atoms with E-state index in [0.29, 0.717) is 11.2 Å². The maximum absolute atomic E-state index is 5.96. The van der Waals surface area contributed by atoms with Gasteiger partial charge in [0.1, 0.15) is 5.75 Å². The SMILES string of the molecule is CC(C)OCCCNC(=S)Nc1ccc(OC2CCCC2)cc1. The highest BCUT2D eigenvalue weighted by Crippen LogP contribution is 2.24. The standard InChI is InChI=1S/C18H28N2O2S/c1-14(2)21-13-5-12-19-18(23)20-15-8-10-17(11-9-15)22-16-6-3-4-7-16/h8-11,14,16H,3-7,12-13H2,1-2H3,(H2,19,20,23). The van der Waals surface area contributed by atoms with Gasteiger partial charge in [-0.25, -0.2) is 0 Å². The van der Waals surface area contributed by atoms with Crippen molar-refractivity contribution in [2.24, 2.45) is 0 Å². The number of nitrogens with one attached hydrogen (secondary N) is 2. The fourth-order valence-corrected chi connectivity index (χ4v) is 2.80. The number of hydrogen-bond donors (Lipinski definition) is 2. The summed E-state index contributed by atoms with van der Waals surface area (Å²) < 4.78 is 11.4. The molecule has 2 rings (SSSR count). The van der Waals surface area contributed by atoms with Gasteiger partial charge in [-0.2, -0.15) is 0 Å². The van der Waals surface area contributed by atoms with Crippen LogP contribution in [0.15, 0.2) is 24.3 Å². The first-order chi connectivity index (χ1) is 11.1. The quantitative estimate of drug-likeness (QED) is 0.552. The summed E-state index contributed by atoms with van der Waals surface area (Å²) in [4.78, 5) is 0. The molecule has 5 heteroatoms. The van der Waals surface area contributed by atoms with E-state index in [2.05, 4.69) is 10.6 Å². The van der Waals surface area contributed by atoms with Crippen LogP contribution in [0.4, 0.5) is 5.69 Å². The molecule has 1 saturated carbocycles. The van der Waals surface area contributed by atoms with E-state index >= 15 is 0 Å². The molecule has 2 N–H and O–H groups in total. The van der Waals surface area contributed by atoms with Gasteiger partial charge in [0.05, 0.1) is 12.2 Å². The van der Waals surface area contributed by atoms with Crippen LogP contribution < -0.4 is 15.4 Å². The molecule has 23 heavy (non-hydrogen) atoms. The minimum atomic E-state index is 0.282. The summed E-state index contributed by atoms with van der Waals surface area (Å²) >= 11 is 5.29. The van der Waals surface area contributed by atoms with Crippen LogP contribution in [0.1, 0.15) is 46.0 Å². The van der Waals surface area contributed by atoms with Crippen LogP contribution >= 0.6 is 12.2 Å². The first kappa shape index (κ1) is 18.0. The zero-order chi connectivity index (χ0) is 16.5. The van der Waals surface area contributed by atoms with Crippen LogP contribution in [-0.4, -0.2) is 30.5 Å². The van der Waals surface area contributed by atoms with Crippen LogP contribution in [-0.2, 0) is 4.74 Å². The van der Waals surface area contributed by atoms with Gasteiger partial charge in [0.15, 0.2) is 5.11 Å². The van der Waals surface area contributed by atoms with E-state index in [0.717, 1.165) is 31.0 Å². The molecular weight excluding hydrogens is 308 g/mol. The molecule has 0 bridgehead atoms. The van der Waals surface area contributed by atoms with Gasteiger partial charge in [0.2, 0.25) is 0 Å². The smallest absolute Gasteiger partial charge is 0.170 e. The molecule has 0 unspecified atom stereocenters. The Morgan fingerprint density at radius 2 is 1.91 bits per heavy atom. The van der Waals surface area contributed by atoms with Crippen molar-refractivity contribution in [1.82, 2.24) is 5.32 Å². The highest BCUT2D eigenvalue weighted by atomic mass is 32.1. The van der Waals surface area contributed by atoms with Crippen molar-refractivity contribution in [3.63, 3.8) is 0 Å². The van der Waals surface area contributed by atoms with Crippen molar-refractivity contribution >= 4 is 23.0 Å². The molecule has 0 saturated heterocycles. The maximum Gasteiger partial charge on any atom is 0.170 e. The Labute approximate surface area is 144 Å². The number of ether oxygens (including phenoxy) is 2. The topological polar surface area (TPSA) is 42.5 Å². The average molecular weight is 337 g/mol. The van der Waals surface area contributed by atoms with Gasteiger partial charge in [-0.1, -0.05) is 0 Å². The number of thiocarbonyl (C=S) groups is 1. The van der Waals surface area contributed by atoms with Crippen molar-refractivity contribution in [3.8, 4) is 5.75 Å². The molecule has 0 heterocycles. The number of hydrogen-bond acceptors (Lipinski definition) is 3. The van der Waals surface area contributed by atoms with Crippen LogP contribution in [0.5, 0.6) is 5.75 Å². The fourth-order valence-electron chi connectivity index (χ4n) is 2.58. The summed E-state index contributed by atoms with van der Waals surface area (Å²) in [6.45, 7) is 5.64. The third-order valence-corrected chi connectivity index (χ3v) is 4.02. The van der Waals surface area contributed by atoms with E-state index in [4.69, 9.17) is 21.7 Å². The fraction of sp³-hybridized carbons (Fsp3) is 0.611. The van der Waals surface area contributed by atoms with E-state index in [-0.39, 0.29) is 6.10 Å². The lowest BCUT2D eigenvalue weighted by molar-refractivity contribution is 0.0777. The van der Waals surface area contributed by atoms with Crippen molar-refractivity contribution in [3.05, 3.63) is 24.3 Å². The molecule has 0 atom stereocenters. The molecular formula is C18H28N2O2S. The van der Waals surface area contributed by atoms with Gasteiger partial charge < -0.3 is 20.1 Å². The van der Waals surface area contributed by atoms with Gasteiger partial charge in [-0.3, -0.25) is 0 Å². The molecule has 4 nitrogen and oxygen atoms in total. The molecule has 1 aliphatic rings. The van der Waals surface area contributed by atoms with Gasteiger partial charge in [-0.15, -0.1) is 0 Å². The van der Waals surface area contributed by atoms with Gasteiger partial charge in [0, 0.05) is 18.8 Å². The highest BCUT2D eigenvalue weighted by molar-refractivity contribution is 7.80. The molecule has 1 aliphatic carbocycles. The summed E-state index contributed by atoms with van der Waals surface area (Å²) in [5.74, 6) is 0.937. The molecule has 1 aromatic rings. The highest BCUT2D eigenvalue weighted by Gasteiger charge is 2.16. The summed E-state index contributed by atoms with van der Waals surface area (Å²) in [5, 5.41) is 7.01. The molecule has 0 spiro atoms.